The molecule has 2 N–H and O–H groups in total. The summed E-state index contributed by atoms with van der Waals surface area (Å²) in [5, 5.41) is 0. The number of hydrogen-bond acceptors (Lipinski definition) is 3. The fourth-order valence-corrected chi connectivity index (χ4v) is 1.59. The van der Waals surface area contributed by atoms with Gasteiger partial charge in [0.15, 0.2) is 17.3 Å². The molecule has 0 atom stereocenters. The molecule has 1 aliphatic rings. The maximum atomic E-state index is 13.3. The van der Waals surface area contributed by atoms with E-state index in [1.54, 1.807) is 6.07 Å². The lowest BCUT2D eigenvalue weighted by Crippen LogP contribution is -2.34. The van der Waals surface area contributed by atoms with Gasteiger partial charge >= 0.3 is 0 Å². The zero-order valence-corrected chi connectivity index (χ0v) is 9.13. The van der Waals surface area contributed by atoms with Gasteiger partial charge < -0.3 is 10.5 Å². The highest BCUT2D eigenvalue weighted by atomic mass is 19.1. The minimum atomic E-state index is -0.642. The van der Waals surface area contributed by atoms with Crippen LogP contribution in [0.2, 0.25) is 0 Å². The first-order valence-corrected chi connectivity index (χ1v) is 5.20. The molecule has 1 aromatic carbocycles. The molecule has 0 aromatic heterocycles. The van der Waals surface area contributed by atoms with Crippen molar-refractivity contribution in [3.63, 3.8) is 0 Å². The molecule has 1 aromatic rings. The van der Waals surface area contributed by atoms with Crippen molar-refractivity contribution >= 4 is 5.78 Å². The lowest BCUT2D eigenvalue weighted by atomic mass is 10.0. The molecule has 0 aliphatic heterocycles. The van der Waals surface area contributed by atoms with Crippen LogP contribution in [0.15, 0.2) is 18.2 Å². The number of halogens is 1. The van der Waals surface area contributed by atoms with Crippen molar-refractivity contribution in [3.05, 3.63) is 29.6 Å². The third-order valence-electron chi connectivity index (χ3n) is 2.92. The number of carbonyl (C=O) groups excluding carboxylic acids is 1. The zero-order chi connectivity index (χ0) is 11.8. The molecule has 4 heteroatoms. The van der Waals surface area contributed by atoms with Crippen molar-refractivity contribution in [1.82, 2.24) is 0 Å². The van der Waals surface area contributed by atoms with E-state index in [1.165, 1.54) is 19.2 Å². The number of carbonyl (C=O) groups is 1. The number of nitrogens with two attached hydrogens (primary N) is 1. The minimum Gasteiger partial charge on any atom is -0.494 e. The van der Waals surface area contributed by atoms with E-state index in [1.807, 2.05) is 0 Å². The van der Waals surface area contributed by atoms with Crippen LogP contribution in [0.3, 0.4) is 0 Å². The van der Waals surface area contributed by atoms with Gasteiger partial charge in [-0.25, -0.2) is 4.39 Å². The van der Waals surface area contributed by atoms with Crippen LogP contribution in [0.1, 0.15) is 18.4 Å². The first kappa shape index (κ1) is 11.1. The van der Waals surface area contributed by atoms with E-state index in [2.05, 4.69) is 0 Å². The Kier molecular flexibility index (Phi) is 2.68. The van der Waals surface area contributed by atoms with E-state index >= 15 is 0 Å². The smallest absolute Gasteiger partial charge is 0.165 e. The van der Waals surface area contributed by atoms with Gasteiger partial charge in [-0.3, -0.25) is 4.79 Å². The van der Waals surface area contributed by atoms with Crippen LogP contribution in [-0.2, 0) is 11.2 Å². The molecule has 3 nitrogen and oxygen atoms in total. The second-order valence-electron chi connectivity index (χ2n) is 4.22. The van der Waals surface area contributed by atoms with Gasteiger partial charge in [0.05, 0.1) is 12.6 Å². The average Bonchev–Trinajstić information content (AvgIpc) is 2.98. The Balaban J connectivity index is 2.10. The highest BCUT2D eigenvalue weighted by Gasteiger charge is 2.44. The highest BCUT2D eigenvalue weighted by Crippen LogP contribution is 2.34. The molecule has 1 fully saturated rings. The Labute approximate surface area is 93.4 Å². The lowest BCUT2D eigenvalue weighted by Gasteiger charge is -2.08. The normalized spacial score (nSPS) is 16.9. The highest BCUT2D eigenvalue weighted by molar-refractivity contribution is 5.92. The molecule has 0 heterocycles. The molecule has 16 heavy (non-hydrogen) atoms. The number of methoxy groups -OCH3 is 1. The summed E-state index contributed by atoms with van der Waals surface area (Å²) in [6.45, 7) is 0. The summed E-state index contributed by atoms with van der Waals surface area (Å²) >= 11 is 0. The van der Waals surface area contributed by atoms with Gasteiger partial charge in [0.2, 0.25) is 0 Å². The molecular formula is C12H14FNO2. The van der Waals surface area contributed by atoms with E-state index in [0.717, 1.165) is 12.8 Å². The van der Waals surface area contributed by atoms with Crippen LogP contribution in [0.5, 0.6) is 5.75 Å². The van der Waals surface area contributed by atoms with Crippen LogP contribution in [0, 0.1) is 5.82 Å². The van der Waals surface area contributed by atoms with Gasteiger partial charge in [0.1, 0.15) is 0 Å². The summed E-state index contributed by atoms with van der Waals surface area (Å²) in [6, 6.07) is 4.53. The molecule has 1 saturated carbocycles. The lowest BCUT2D eigenvalue weighted by molar-refractivity contribution is -0.120. The van der Waals surface area contributed by atoms with Crippen LogP contribution in [-0.4, -0.2) is 18.4 Å². The number of Topliss-reactive ketones (excluding diaryl/α,β-unsaturated/α-hetero) is 1. The van der Waals surface area contributed by atoms with Gasteiger partial charge in [-0.2, -0.15) is 0 Å². The van der Waals surface area contributed by atoms with Gasteiger partial charge in [-0.1, -0.05) is 6.07 Å². The predicted molar refractivity (Wildman–Crippen MR) is 57.8 cm³/mol. The fourth-order valence-electron chi connectivity index (χ4n) is 1.59. The fraction of sp³-hybridized carbons (Fsp3) is 0.417. The Hall–Kier alpha value is -1.42. The summed E-state index contributed by atoms with van der Waals surface area (Å²) in [7, 11) is 1.41. The maximum absolute atomic E-state index is 13.3. The standard InChI is InChI=1S/C12H14FNO2/c1-16-10-3-2-8(6-9(10)13)7-11(15)12(14)4-5-12/h2-3,6H,4-5,7,14H2,1H3. The summed E-state index contributed by atoms with van der Waals surface area (Å²) in [4.78, 5) is 11.7. The van der Waals surface area contributed by atoms with Crippen molar-refractivity contribution in [1.29, 1.82) is 0 Å². The molecule has 0 amide bonds. The molecule has 86 valence electrons. The van der Waals surface area contributed by atoms with Crippen LogP contribution < -0.4 is 10.5 Å². The SMILES string of the molecule is COc1ccc(CC(=O)C2(N)CC2)cc1F. The number of benzene rings is 1. The van der Waals surface area contributed by atoms with Crippen molar-refractivity contribution < 1.29 is 13.9 Å². The average molecular weight is 223 g/mol. The molecule has 2 rings (SSSR count). The van der Waals surface area contributed by atoms with Gasteiger partial charge in [-0.15, -0.1) is 0 Å². The van der Waals surface area contributed by atoms with Crippen LogP contribution in [0.25, 0.3) is 0 Å². The van der Waals surface area contributed by atoms with Crippen LogP contribution >= 0.6 is 0 Å². The molecule has 0 radical (unpaired) electrons. The Morgan fingerprint density at radius 3 is 2.75 bits per heavy atom. The van der Waals surface area contributed by atoms with Crippen molar-refractivity contribution in [3.8, 4) is 5.75 Å². The first-order chi connectivity index (χ1) is 7.55. The summed E-state index contributed by atoms with van der Waals surface area (Å²) in [5.74, 6) is -0.281. The molecule has 0 saturated heterocycles. The van der Waals surface area contributed by atoms with Crippen molar-refractivity contribution in [2.75, 3.05) is 7.11 Å². The van der Waals surface area contributed by atoms with E-state index in [0.29, 0.717) is 5.56 Å². The molecule has 0 unspecified atom stereocenters. The first-order valence-electron chi connectivity index (χ1n) is 5.20. The number of hydrogen-bond donors (Lipinski definition) is 1. The second-order valence-corrected chi connectivity index (χ2v) is 4.22. The zero-order valence-electron chi connectivity index (χ0n) is 9.13. The third-order valence-corrected chi connectivity index (χ3v) is 2.92. The summed E-state index contributed by atoms with van der Waals surface area (Å²) in [5.41, 5.74) is 5.76. The molecule has 1 aliphatic carbocycles. The van der Waals surface area contributed by atoms with E-state index in [9.17, 15) is 9.18 Å². The number of ether oxygens (including phenoxy) is 1. The van der Waals surface area contributed by atoms with E-state index in [4.69, 9.17) is 10.5 Å². The topological polar surface area (TPSA) is 52.3 Å². The second kappa shape index (κ2) is 3.87. The monoisotopic (exact) mass is 223 g/mol. The Bertz CT molecular complexity index is 427. The quantitative estimate of drug-likeness (QED) is 0.840. The summed E-state index contributed by atoms with van der Waals surface area (Å²) < 4.78 is 18.1. The summed E-state index contributed by atoms with van der Waals surface area (Å²) in [6.07, 6.45) is 1.67. The van der Waals surface area contributed by atoms with E-state index in [-0.39, 0.29) is 18.0 Å². The third kappa shape index (κ3) is 2.07. The minimum absolute atomic E-state index is 0.0166. The van der Waals surface area contributed by atoms with Gasteiger partial charge in [0.25, 0.3) is 0 Å². The van der Waals surface area contributed by atoms with Crippen molar-refractivity contribution in [2.45, 2.75) is 24.8 Å². The maximum Gasteiger partial charge on any atom is 0.165 e. The Morgan fingerprint density at radius 1 is 1.56 bits per heavy atom. The molecule has 0 bridgehead atoms. The van der Waals surface area contributed by atoms with Gasteiger partial charge in [0, 0.05) is 6.42 Å². The van der Waals surface area contributed by atoms with E-state index < -0.39 is 11.4 Å². The number of ketones is 1. The predicted octanol–water partition coefficient (Wildman–Crippen LogP) is 1.44. The largest absolute Gasteiger partial charge is 0.494 e. The van der Waals surface area contributed by atoms with Crippen LogP contribution in [0.4, 0.5) is 4.39 Å². The van der Waals surface area contributed by atoms with Gasteiger partial charge in [-0.05, 0) is 30.5 Å². The number of rotatable bonds is 4. The van der Waals surface area contributed by atoms with Crippen molar-refractivity contribution in [2.24, 2.45) is 5.73 Å². The molecular weight excluding hydrogens is 209 g/mol. The Morgan fingerprint density at radius 2 is 2.25 bits per heavy atom. The molecule has 0 spiro atoms.